The molecule has 1 saturated heterocycles. The zero-order chi connectivity index (χ0) is 18.3. The van der Waals surface area contributed by atoms with E-state index in [9.17, 15) is 30.8 Å². The molecule has 0 radical (unpaired) electrons. The van der Waals surface area contributed by atoms with Crippen LogP contribution in [0.4, 0.5) is 17.6 Å². The van der Waals surface area contributed by atoms with Crippen LogP contribution in [0.3, 0.4) is 0 Å². The maximum absolute atomic E-state index is 14.6. The third-order valence-corrected chi connectivity index (χ3v) is 5.90. The molecule has 0 N–H and O–H groups in total. The van der Waals surface area contributed by atoms with Crippen molar-refractivity contribution in [2.24, 2.45) is 5.92 Å². The number of esters is 1. The van der Waals surface area contributed by atoms with E-state index >= 15 is 0 Å². The van der Waals surface area contributed by atoms with E-state index in [1.54, 1.807) is 6.92 Å². The lowest BCUT2D eigenvalue weighted by molar-refractivity contribution is -0.235. The van der Waals surface area contributed by atoms with E-state index in [2.05, 4.69) is 4.74 Å². The summed E-state index contributed by atoms with van der Waals surface area (Å²) in [6, 6.07) is 5.42. The fourth-order valence-electron chi connectivity index (χ4n) is 2.71. The SMILES string of the molecule is CC[C@@H]1OC(=O)[C@@](F)(C(F)(F)F)[C@H]1CS(=O)(=O)c1ccc(C)cc1. The van der Waals surface area contributed by atoms with Crippen LogP contribution in [-0.2, 0) is 19.4 Å². The largest absolute Gasteiger partial charge is 0.459 e. The van der Waals surface area contributed by atoms with Gasteiger partial charge in [-0.3, -0.25) is 0 Å². The number of hydrogen-bond acceptors (Lipinski definition) is 4. The standard InChI is InChI=1S/C15H16F4O4S/c1-3-12-11(14(16,13(20)23-12)15(17,18)19)8-24(21,22)10-6-4-9(2)5-7-10/h4-7,11-12H,3,8H2,1-2H3/t11-,12-,14+/m0/s1. The second kappa shape index (κ2) is 6.02. The minimum Gasteiger partial charge on any atom is -0.459 e. The molecule has 1 aliphatic heterocycles. The molecule has 1 aromatic carbocycles. The van der Waals surface area contributed by atoms with Gasteiger partial charge in [0.2, 0.25) is 0 Å². The monoisotopic (exact) mass is 368 g/mol. The molecule has 1 aromatic rings. The summed E-state index contributed by atoms with van der Waals surface area (Å²) in [6.45, 7) is 3.11. The fourth-order valence-corrected chi connectivity index (χ4v) is 4.37. The summed E-state index contributed by atoms with van der Waals surface area (Å²) in [5, 5.41) is 0. The highest BCUT2D eigenvalue weighted by molar-refractivity contribution is 7.91. The zero-order valence-electron chi connectivity index (χ0n) is 12.9. The first-order valence-corrected chi connectivity index (χ1v) is 8.85. The second-order valence-corrected chi connectivity index (χ2v) is 7.80. The molecular weight excluding hydrogens is 352 g/mol. The van der Waals surface area contributed by atoms with Gasteiger partial charge in [-0.2, -0.15) is 13.2 Å². The van der Waals surface area contributed by atoms with Gasteiger partial charge in [-0.15, -0.1) is 0 Å². The van der Waals surface area contributed by atoms with Crippen LogP contribution in [0, 0.1) is 12.8 Å². The van der Waals surface area contributed by atoms with Crippen LogP contribution < -0.4 is 0 Å². The van der Waals surface area contributed by atoms with E-state index in [-0.39, 0.29) is 11.3 Å². The van der Waals surface area contributed by atoms with Gasteiger partial charge in [0, 0.05) is 0 Å². The van der Waals surface area contributed by atoms with E-state index < -0.39 is 45.4 Å². The highest BCUT2D eigenvalue weighted by Crippen LogP contribution is 2.48. The quantitative estimate of drug-likeness (QED) is 0.606. The molecule has 1 heterocycles. The Balaban J connectivity index is 2.43. The minimum atomic E-state index is -5.55. The van der Waals surface area contributed by atoms with Gasteiger partial charge in [-0.1, -0.05) is 24.6 Å². The van der Waals surface area contributed by atoms with E-state index in [0.717, 1.165) is 5.56 Å². The summed E-state index contributed by atoms with van der Waals surface area (Å²) < 4.78 is 83.1. The van der Waals surface area contributed by atoms with Crippen LogP contribution in [0.2, 0.25) is 0 Å². The van der Waals surface area contributed by atoms with Crippen molar-refractivity contribution in [3.8, 4) is 0 Å². The van der Waals surface area contributed by atoms with Crippen molar-refractivity contribution in [2.45, 2.75) is 43.1 Å². The number of sulfone groups is 1. The Morgan fingerprint density at radius 1 is 1.21 bits per heavy atom. The number of hydrogen-bond donors (Lipinski definition) is 0. The first kappa shape index (κ1) is 18.7. The summed E-state index contributed by atoms with van der Waals surface area (Å²) in [4.78, 5) is 11.2. The van der Waals surface area contributed by atoms with Crippen molar-refractivity contribution in [2.75, 3.05) is 5.75 Å². The molecule has 3 atom stereocenters. The predicted octanol–water partition coefficient (Wildman–Crippen LogP) is 2.99. The molecule has 0 unspecified atom stereocenters. The van der Waals surface area contributed by atoms with Crippen molar-refractivity contribution < 1.29 is 35.5 Å². The number of alkyl halides is 4. The summed E-state index contributed by atoms with van der Waals surface area (Å²) >= 11 is 0. The highest BCUT2D eigenvalue weighted by atomic mass is 32.2. The molecule has 0 spiro atoms. The lowest BCUT2D eigenvalue weighted by Crippen LogP contribution is -2.52. The average Bonchev–Trinajstić information content (AvgIpc) is 2.72. The van der Waals surface area contributed by atoms with Crippen molar-refractivity contribution in [3.63, 3.8) is 0 Å². The fraction of sp³-hybridized carbons (Fsp3) is 0.533. The lowest BCUT2D eigenvalue weighted by atomic mass is 9.87. The third kappa shape index (κ3) is 3.01. The van der Waals surface area contributed by atoms with Crippen LogP contribution in [0.25, 0.3) is 0 Å². The van der Waals surface area contributed by atoms with Gasteiger partial charge in [0.05, 0.1) is 16.6 Å². The zero-order valence-corrected chi connectivity index (χ0v) is 13.7. The van der Waals surface area contributed by atoms with Gasteiger partial charge < -0.3 is 4.74 Å². The van der Waals surface area contributed by atoms with Crippen LogP contribution in [0.1, 0.15) is 18.9 Å². The van der Waals surface area contributed by atoms with Crippen molar-refractivity contribution in [1.82, 2.24) is 0 Å². The van der Waals surface area contributed by atoms with Crippen LogP contribution in [-0.4, -0.2) is 38.1 Å². The average molecular weight is 368 g/mol. The van der Waals surface area contributed by atoms with Gasteiger partial charge >= 0.3 is 17.8 Å². The van der Waals surface area contributed by atoms with Crippen molar-refractivity contribution in [1.29, 1.82) is 0 Å². The molecule has 9 heteroatoms. The van der Waals surface area contributed by atoms with E-state index in [4.69, 9.17) is 0 Å². The molecule has 0 amide bonds. The Morgan fingerprint density at radius 3 is 2.21 bits per heavy atom. The molecule has 134 valence electrons. The molecule has 2 rings (SSSR count). The maximum atomic E-state index is 14.6. The Bertz CT molecular complexity index is 727. The van der Waals surface area contributed by atoms with Crippen molar-refractivity contribution in [3.05, 3.63) is 29.8 Å². The van der Waals surface area contributed by atoms with E-state index in [0.29, 0.717) is 0 Å². The van der Waals surface area contributed by atoms with Gasteiger partial charge in [-0.05, 0) is 25.5 Å². The molecule has 24 heavy (non-hydrogen) atoms. The number of ether oxygens (including phenoxy) is 1. The number of halogens is 4. The molecule has 0 bridgehead atoms. The molecule has 1 aliphatic rings. The van der Waals surface area contributed by atoms with Gasteiger partial charge in [0.25, 0.3) is 0 Å². The maximum Gasteiger partial charge on any atom is 0.433 e. The number of aryl methyl sites for hydroxylation is 1. The summed E-state index contributed by atoms with van der Waals surface area (Å²) in [6.07, 6.45) is -7.13. The minimum absolute atomic E-state index is 0.123. The summed E-state index contributed by atoms with van der Waals surface area (Å²) in [5.74, 6) is -5.40. The van der Waals surface area contributed by atoms with Gasteiger partial charge in [0.1, 0.15) is 6.10 Å². The summed E-state index contributed by atoms with van der Waals surface area (Å²) in [5.41, 5.74) is -3.57. The smallest absolute Gasteiger partial charge is 0.433 e. The molecule has 0 aromatic heterocycles. The first-order chi connectivity index (χ1) is 10.9. The predicted molar refractivity (Wildman–Crippen MR) is 76.8 cm³/mol. The Hall–Kier alpha value is -1.64. The number of rotatable bonds is 4. The molecule has 4 nitrogen and oxygen atoms in total. The van der Waals surface area contributed by atoms with Crippen LogP contribution in [0.5, 0.6) is 0 Å². The van der Waals surface area contributed by atoms with Gasteiger partial charge in [0.15, 0.2) is 9.84 Å². The van der Waals surface area contributed by atoms with E-state index in [1.807, 2.05) is 0 Å². The molecule has 1 fully saturated rings. The highest BCUT2D eigenvalue weighted by Gasteiger charge is 2.73. The summed E-state index contributed by atoms with van der Waals surface area (Å²) in [7, 11) is -4.23. The number of carbonyl (C=O) groups is 1. The van der Waals surface area contributed by atoms with Gasteiger partial charge in [-0.25, -0.2) is 17.6 Å². The number of benzene rings is 1. The third-order valence-electron chi connectivity index (χ3n) is 4.11. The Kier molecular flexibility index (Phi) is 4.69. The Labute approximate surface area is 136 Å². The number of carbonyl (C=O) groups excluding carboxylic acids is 1. The van der Waals surface area contributed by atoms with Crippen LogP contribution >= 0.6 is 0 Å². The topological polar surface area (TPSA) is 60.4 Å². The van der Waals surface area contributed by atoms with E-state index in [1.165, 1.54) is 31.2 Å². The van der Waals surface area contributed by atoms with Crippen molar-refractivity contribution >= 4 is 15.8 Å². The first-order valence-electron chi connectivity index (χ1n) is 7.19. The second-order valence-electron chi connectivity index (χ2n) is 5.76. The van der Waals surface area contributed by atoms with Crippen LogP contribution in [0.15, 0.2) is 29.2 Å². The Morgan fingerprint density at radius 2 is 1.75 bits per heavy atom. The lowest BCUT2D eigenvalue weighted by Gasteiger charge is -2.27. The normalized spacial score (nSPS) is 28.0. The number of cyclic esters (lactones) is 1. The molecule has 0 aliphatic carbocycles. The molecule has 0 saturated carbocycles. The molecular formula is C15H16F4O4S.